The standard InChI is InChI=1S/C17H26N2O2/c1-19(16-6-3-2-4-7-16)13-5-12-18-15-10-8-14(9-11-15)17(20)21/h2-4,6-7,14-15,18H,5,8-13H2,1H3,(H,20,21). The maximum Gasteiger partial charge on any atom is 0.306 e. The van der Waals surface area contributed by atoms with Crippen molar-refractivity contribution in [1.29, 1.82) is 0 Å². The topological polar surface area (TPSA) is 52.6 Å². The van der Waals surface area contributed by atoms with Crippen molar-refractivity contribution in [2.45, 2.75) is 38.1 Å². The molecule has 0 aliphatic heterocycles. The first kappa shape index (κ1) is 15.8. The van der Waals surface area contributed by atoms with Crippen molar-refractivity contribution in [3.8, 4) is 0 Å². The van der Waals surface area contributed by atoms with Crippen LogP contribution in [-0.4, -0.2) is 37.3 Å². The molecule has 0 radical (unpaired) electrons. The minimum Gasteiger partial charge on any atom is -0.481 e. The highest BCUT2D eigenvalue weighted by Crippen LogP contribution is 2.24. The van der Waals surface area contributed by atoms with Gasteiger partial charge in [0.1, 0.15) is 0 Å². The Kier molecular flexibility index (Phi) is 6.05. The Morgan fingerprint density at radius 1 is 1.24 bits per heavy atom. The van der Waals surface area contributed by atoms with Crippen LogP contribution in [0.1, 0.15) is 32.1 Å². The molecule has 0 aromatic heterocycles. The molecule has 0 spiro atoms. The molecule has 4 nitrogen and oxygen atoms in total. The molecule has 0 unspecified atom stereocenters. The number of rotatable bonds is 7. The Morgan fingerprint density at radius 2 is 1.90 bits per heavy atom. The Labute approximate surface area is 127 Å². The van der Waals surface area contributed by atoms with Gasteiger partial charge in [-0.2, -0.15) is 0 Å². The molecular weight excluding hydrogens is 264 g/mol. The summed E-state index contributed by atoms with van der Waals surface area (Å²) in [7, 11) is 2.12. The van der Waals surface area contributed by atoms with Crippen molar-refractivity contribution < 1.29 is 9.90 Å². The summed E-state index contributed by atoms with van der Waals surface area (Å²) in [5.74, 6) is -0.745. The summed E-state index contributed by atoms with van der Waals surface area (Å²) in [4.78, 5) is 13.2. The Morgan fingerprint density at radius 3 is 2.52 bits per heavy atom. The van der Waals surface area contributed by atoms with Crippen molar-refractivity contribution in [3.05, 3.63) is 30.3 Å². The van der Waals surface area contributed by atoms with Gasteiger partial charge in [0.15, 0.2) is 0 Å². The second kappa shape index (κ2) is 8.03. The molecule has 0 amide bonds. The third-order valence-electron chi connectivity index (χ3n) is 4.38. The van der Waals surface area contributed by atoms with Crippen LogP contribution in [0.4, 0.5) is 5.69 Å². The lowest BCUT2D eigenvalue weighted by Crippen LogP contribution is -2.36. The molecule has 0 atom stereocenters. The second-order valence-corrected chi connectivity index (χ2v) is 5.95. The zero-order valence-electron chi connectivity index (χ0n) is 12.8. The maximum atomic E-state index is 10.9. The molecule has 2 N–H and O–H groups in total. The number of anilines is 1. The molecule has 0 heterocycles. The fourth-order valence-electron chi connectivity index (χ4n) is 2.98. The summed E-state index contributed by atoms with van der Waals surface area (Å²) in [5.41, 5.74) is 1.25. The van der Waals surface area contributed by atoms with E-state index >= 15 is 0 Å². The smallest absolute Gasteiger partial charge is 0.306 e. The van der Waals surface area contributed by atoms with E-state index in [0.717, 1.165) is 45.2 Å². The molecule has 0 saturated heterocycles. The average molecular weight is 290 g/mol. The van der Waals surface area contributed by atoms with Crippen molar-refractivity contribution >= 4 is 11.7 Å². The largest absolute Gasteiger partial charge is 0.481 e. The summed E-state index contributed by atoms with van der Waals surface area (Å²) in [6, 6.07) is 10.9. The van der Waals surface area contributed by atoms with Gasteiger partial charge < -0.3 is 15.3 Å². The van der Waals surface area contributed by atoms with Crippen molar-refractivity contribution in [3.63, 3.8) is 0 Å². The fraction of sp³-hybridized carbons (Fsp3) is 0.588. The summed E-state index contributed by atoms with van der Waals surface area (Å²) in [6.45, 7) is 2.03. The van der Waals surface area contributed by atoms with Gasteiger partial charge in [0.2, 0.25) is 0 Å². The van der Waals surface area contributed by atoms with Gasteiger partial charge >= 0.3 is 5.97 Å². The van der Waals surface area contributed by atoms with E-state index in [1.807, 2.05) is 6.07 Å². The minimum atomic E-state index is -0.627. The first-order valence-corrected chi connectivity index (χ1v) is 7.89. The van der Waals surface area contributed by atoms with Crippen LogP contribution in [0.5, 0.6) is 0 Å². The molecule has 116 valence electrons. The normalized spacial score (nSPS) is 22.0. The quantitative estimate of drug-likeness (QED) is 0.758. The molecule has 21 heavy (non-hydrogen) atoms. The van der Waals surface area contributed by atoms with Crippen LogP contribution in [0.15, 0.2) is 30.3 Å². The monoisotopic (exact) mass is 290 g/mol. The third-order valence-corrected chi connectivity index (χ3v) is 4.38. The van der Waals surface area contributed by atoms with Crippen LogP contribution in [0.2, 0.25) is 0 Å². The second-order valence-electron chi connectivity index (χ2n) is 5.95. The van der Waals surface area contributed by atoms with E-state index in [1.165, 1.54) is 5.69 Å². The van der Waals surface area contributed by atoms with Gasteiger partial charge in [0.25, 0.3) is 0 Å². The fourth-order valence-corrected chi connectivity index (χ4v) is 2.98. The van der Waals surface area contributed by atoms with E-state index in [9.17, 15) is 4.79 Å². The number of carboxylic acids is 1. The number of carboxylic acid groups (broad SMARTS) is 1. The van der Waals surface area contributed by atoms with E-state index in [0.29, 0.717) is 6.04 Å². The Balaban J connectivity index is 1.59. The molecule has 1 aromatic carbocycles. The molecule has 1 fully saturated rings. The van der Waals surface area contributed by atoms with Gasteiger partial charge in [-0.05, 0) is 50.8 Å². The van der Waals surface area contributed by atoms with Gasteiger partial charge in [0.05, 0.1) is 5.92 Å². The van der Waals surface area contributed by atoms with E-state index in [2.05, 4.69) is 41.5 Å². The van der Waals surface area contributed by atoms with Gasteiger partial charge in [-0.15, -0.1) is 0 Å². The predicted molar refractivity (Wildman–Crippen MR) is 85.7 cm³/mol. The Hall–Kier alpha value is -1.55. The first-order valence-electron chi connectivity index (χ1n) is 7.89. The van der Waals surface area contributed by atoms with Gasteiger partial charge in [-0.3, -0.25) is 4.79 Å². The highest BCUT2D eigenvalue weighted by atomic mass is 16.4. The molecule has 2 rings (SSSR count). The number of para-hydroxylation sites is 1. The number of aliphatic carboxylic acids is 1. The molecule has 1 aromatic rings. The molecule has 1 aliphatic rings. The number of hydrogen-bond acceptors (Lipinski definition) is 3. The molecule has 0 bridgehead atoms. The highest BCUT2D eigenvalue weighted by Gasteiger charge is 2.25. The van der Waals surface area contributed by atoms with Crippen LogP contribution in [0.3, 0.4) is 0 Å². The maximum absolute atomic E-state index is 10.9. The number of hydrogen-bond donors (Lipinski definition) is 2. The zero-order chi connectivity index (χ0) is 15.1. The van der Waals surface area contributed by atoms with Gasteiger partial charge in [-0.1, -0.05) is 18.2 Å². The van der Waals surface area contributed by atoms with E-state index < -0.39 is 5.97 Å². The minimum absolute atomic E-state index is 0.118. The van der Waals surface area contributed by atoms with E-state index in [4.69, 9.17) is 5.11 Å². The summed E-state index contributed by atoms with van der Waals surface area (Å²) >= 11 is 0. The number of nitrogens with zero attached hydrogens (tertiary/aromatic N) is 1. The van der Waals surface area contributed by atoms with E-state index in [-0.39, 0.29) is 5.92 Å². The van der Waals surface area contributed by atoms with Crippen LogP contribution in [-0.2, 0) is 4.79 Å². The van der Waals surface area contributed by atoms with Crippen molar-refractivity contribution in [2.75, 3.05) is 25.0 Å². The lowest BCUT2D eigenvalue weighted by molar-refractivity contribution is -0.142. The number of nitrogens with one attached hydrogen (secondary N) is 1. The lowest BCUT2D eigenvalue weighted by atomic mass is 9.86. The summed E-state index contributed by atoms with van der Waals surface area (Å²) in [6.07, 6.45) is 4.72. The zero-order valence-corrected chi connectivity index (χ0v) is 12.8. The lowest BCUT2D eigenvalue weighted by Gasteiger charge is -2.27. The average Bonchev–Trinajstić information content (AvgIpc) is 2.52. The Bertz CT molecular complexity index is 428. The summed E-state index contributed by atoms with van der Waals surface area (Å²) < 4.78 is 0. The number of carbonyl (C=O) groups is 1. The molecule has 1 aliphatic carbocycles. The molecule has 4 heteroatoms. The van der Waals surface area contributed by atoms with Gasteiger partial charge in [0, 0.05) is 25.3 Å². The predicted octanol–water partition coefficient (Wildman–Crippen LogP) is 2.75. The first-order chi connectivity index (χ1) is 10.2. The molecule has 1 saturated carbocycles. The van der Waals surface area contributed by atoms with Crippen LogP contribution < -0.4 is 10.2 Å². The SMILES string of the molecule is CN(CCCNC1CCC(C(=O)O)CC1)c1ccccc1. The number of benzene rings is 1. The summed E-state index contributed by atoms with van der Waals surface area (Å²) in [5, 5.41) is 12.6. The van der Waals surface area contributed by atoms with Crippen molar-refractivity contribution in [2.24, 2.45) is 5.92 Å². The van der Waals surface area contributed by atoms with Gasteiger partial charge in [-0.25, -0.2) is 0 Å². The third kappa shape index (κ3) is 5.05. The molecular formula is C17H26N2O2. The van der Waals surface area contributed by atoms with Crippen LogP contribution >= 0.6 is 0 Å². The van der Waals surface area contributed by atoms with Crippen LogP contribution in [0.25, 0.3) is 0 Å². The van der Waals surface area contributed by atoms with Crippen molar-refractivity contribution in [1.82, 2.24) is 5.32 Å². The van der Waals surface area contributed by atoms with E-state index in [1.54, 1.807) is 0 Å². The highest BCUT2D eigenvalue weighted by molar-refractivity contribution is 5.70. The van der Waals surface area contributed by atoms with Crippen LogP contribution in [0, 0.1) is 5.92 Å².